The van der Waals surface area contributed by atoms with Crippen molar-refractivity contribution < 1.29 is 18.7 Å². The second-order valence-electron chi connectivity index (χ2n) is 4.11. The molecule has 0 aromatic carbocycles. The van der Waals surface area contributed by atoms with Gasteiger partial charge in [0.05, 0.1) is 6.26 Å². The van der Waals surface area contributed by atoms with Gasteiger partial charge in [0.2, 0.25) is 5.82 Å². The number of carboxylic acid groups (broad SMARTS) is 1. The van der Waals surface area contributed by atoms with Crippen molar-refractivity contribution in [3.05, 3.63) is 41.5 Å². The minimum atomic E-state index is -1.03. The molecule has 8 heteroatoms. The average molecular weight is 274 g/mol. The molecule has 3 rings (SSSR count). The van der Waals surface area contributed by atoms with Crippen LogP contribution in [0.4, 0.5) is 0 Å². The van der Waals surface area contributed by atoms with E-state index in [9.17, 15) is 4.79 Å². The summed E-state index contributed by atoms with van der Waals surface area (Å²) in [7, 11) is 0. The molecule has 0 aliphatic carbocycles. The number of hydrogen-bond acceptors (Lipinski definition) is 6. The van der Waals surface area contributed by atoms with Gasteiger partial charge in [-0.25, -0.2) is 4.79 Å². The molecular weight excluding hydrogens is 264 g/mol. The molecule has 0 spiro atoms. The Labute approximate surface area is 112 Å². The second-order valence-corrected chi connectivity index (χ2v) is 4.11. The summed E-state index contributed by atoms with van der Waals surface area (Å²) in [6, 6.07) is 4.90. The molecule has 0 bridgehead atoms. The number of nitrogens with zero attached hydrogens (tertiary/aromatic N) is 4. The summed E-state index contributed by atoms with van der Waals surface area (Å²) in [5.74, 6) is 0.636. The molecule has 3 aromatic heterocycles. The van der Waals surface area contributed by atoms with E-state index < -0.39 is 5.97 Å². The Bertz CT molecular complexity index is 741. The topological polar surface area (TPSA) is 107 Å². The second kappa shape index (κ2) is 4.65. The molecule has 0 saturated heterocycles. The average Bonchev–Trinajstić information content (AvgIpc) is 3.09. The highest BCUT2D eigenvalue weighted by molar-refractivity contribution is 5.88. The maximum atomic E-state index is 10.9. The van der Waals surface area contributed by atoms with E-state index in [0.717, 1.165) is 0 Å². The molecular formula is C12H10N4O4. The first kappa shape index (κ1) is 12.2. The Morgan fingerprint density at radius 1 is 1.50 bits per heavy atom. The number of carboxylic acids is 1. The highest BCUT2D eigenvalue weighted by Crippen LogP contribution is 2.16. The zero-order chi connectivity index (χ0) is 14.1. The summed E-state index contributed by atoms with van der Waals surface area (Å²) in [5, 5.41) is 20.8. The van der Waals surface area contributed by atoms with Gasteiger partial charge in [-0.1, -0.05) is 0 Å². The number of aryl methyl sites for hydroxylation is 1. The highest BCUT2D eigenvalue weighted by Gasteiger charge is 2.15. The third-order valence-electron chi connectivity index (χ3n) is 2.69. The van der Waals surface area contributed by atoms with Gasteiger partial charge in [0.1, 0.15) is 23.6 Å². The number of aromatic nitrogens is 4. The molecule has 0 unspecified atom stereocenters. The van der Waals surface area contributed by atoms with Gasteiger partial charge < -0.3 is 13.9 Å². The van der Waals surface area contributed by atoms with Crippen LogP contribution in [0.1, 0.15) is 21.9 Å². The maximum Gasteiger partial charge on any atom is 0.339 e. The predicted molar refractivity (Wildman–Crippen MR) is 65.0 cm³/mol. The van der Waals surface area contributed by atoms with Crippen molar-refractivity contribution in [2.75, 3.05) is 0 Å². The van der Waals surface area contributed by atoms with Gasteiger partial charge >= 0.3 is 5.97 Å². The molecule has 3 heterocycles. The van der Waals surface area contributed by atoms with Gasteiger partial charge in [-0.3, -0.25) is 0 Å². The zero-order valence-corrected chi connectivity index (χ0v) is 10.5. The Kier molecular flexibility index (Phi) is 2.82. The van der Waals surface area contributed by atoms with E-state index in [-0.39, 0.29) is 12.1 Å². The van der Waals surface area contributed by atoms with Crippen LogP contribution in [0.15, 0.2) is 33.3 Å². The molecule has 0 radical (unpaired) electrons. The van der Waals surface area contributed by atoms with Crippen LogP contribution in [0, 0.1) is 6.92 Å². The summed E-state index contributed by atoms with van der Waals surface area (Å²) in [5.41, 5.74) is 0.131. The number of tetrazole rings is 1. The SMILES string of the molecule is Cc1oc(Cn2nnc(-c3ccco3)n2)cc1C(=O)O. The van der Waals surface area contributed by atoms with Crippen molar-refractivity contribution in [3.63, 3.8) is 0 Å². The molecule has 0 amide bonds. The lowest BCUT2D eigenvalue weighted by molar-refractivity contribution is 0.0695. The summed E-state index contributed by atoms with van der Waals surface area (Å²) < 4.78 is 10.5. The van der Waals surface area contributed by atoms with Crippen LogP contribution in [-0.4, -0.2) is 31.3 Å². The van der Waals surface area contributed by atoms with Gasteiger partial charge in [-0.05, 0) is 30.3 Å². The van der Waals surface area contributed by atoms with Crippen LogP contribution in [0.5, 0.6) is 0 Å². The first-order valence-corrected chi connectivity index (χ1v) is 5.78. The molecule has 0 fully saturated rings. The van der Waals surface area contributed by atoms with Crippen LogP contribution in [0.2, 0.25) is 0 Å². The first-order chi connectivity index (χ1) is 9.63. The number of rotatable bonds is 4. The fourth-order valence-corrected chi connectivity index (χ4v) is 1.79. The monoisotopic (exact) mass is 274 g/mol. The number of aromatic carboxylic acids is 1. The van der Waals surface area contributed by atoms with Gasteiger partial charge in [0.25, 0.3) is 0 Å². The lowest BCUT2D eigenvalue weighted by Crippen LogP contribution is -2.03. The fraction of sp³-hybridized carbons (Fsp3) is 0.167. The van der Waals surface area contributed by atoms with Crippen molar-refractivity contribution in [1.29, 1.82) is 0 Å². The normalized spacial score (nSPS) is 10.8. The highest BCUT2D eigenvalue weighted by atomic mass is 16.4. The lowest BCUT2D eigenvalue weighted by Gasteiger charge is -1.93. The van der Waals surface area contributed by atoms with Crippen molar-refractivity contribution in [2.24, 2.45) is 0 Å². The van der Waals surface area contributed by atoms with E-state index in [1.165, 1.54) is 17.1 Å². The maximum absolute atomic E-state index is 10.9. The van der Waals surface area contributed by atoms with Crippen LogP contribution >= 0.6 is 0 Å². The van der Waals surface area contributed by atoms with E-state index in [4.69, 9.17) is 13.9 Å². The van der Waals surface area contributed by atoms with Crippen LogP contribution in [-0.2, 0) is 6.54 Å². The van der Waals surface area contributed by atoms with Crippen LogP contribution in [0.3, 0.4) is 0 Å². The standard InChI is InChI=1S/C12H10N4O4/c1-7-9(12(17)18)5-8(20-7)6-16-14-11(13-15-16)10-3-2-4-19-10/h2-5H,6H2,1H3,(H,17,18). The van der Waals surface area contributed by atoms with E-state index in [1.54, 1.807) is 19.1 Å². The molecule has 0 saturated carbocycles. The van der Waals surface area contributed by atoms with Gasteiger partial charge in [-0.2, -0.15) is 4.80 Å². The number of carbonyl (C=O) groups is 1. The van der Waals surface area contributed by atoms with E-state index >= 15 is 0 Å². The van der Waals surface area contributed by atoms with Crippen molar-refractivity contribution in [1.82, 2.24) is 20.2 Å². The third-order valence-corrected chi connectivity index (χ3v) is 2.69. The summed E-state index contributed by atoms with van der Waals surface area (Å²) in [6.45, 7) is 1.79. The summed E-state index contributed by atoms with van der Waals surface area (Å²) in [6.07, 6.45) is 1.52. The van der Waals surface area contributed by atoms with Gasteiger partial charge in [0.15, 0.2) is 5.76 Å². The van der Waals surface area contributed by atoms with Crippen LogP contribution in [0.25, 0.3) is 11.6 Å². The Morgan fingerprint density at radius 3 is 3.00 bits per heavy atom. The van der Waals surface area contributed by atoms with E-state index in [2.05, 4.69) is 15.4 Å². The minimum absolute atomic E-state index is 0.131. The quantitative estimate of drug-likeness (QED) is 0.769. The molecule has 0 atom stereocenters. The summed E-state index contributed by atoms with van der Waals surface area (Å²) in [4.78, 5) is 12.2. The van der Waals surface area contributed by atoms with Gasteiger partial charge in [-0.15, -0.1) is 10.2 Å². The van der Waals surface area contributed by atoms with Gasteiger partial charge in [0, 0.05) is 0 Å². The molecule has 0 aliphatic rings. The number of hydrogen-bond donors (Lipinski definition) is 1. The fourth-order valence-electron chi connectivity index (χ4n) is 1.79. The minimum Gasteiger partial charge on any atom is -0.478 e. The van der Waals surface area contributed by atoms with Crippen LogP contribution < -0.4 is 0 Å². The first-order valence-electron chi connectivity index (χ1n) is 5.78. The molecule has 20 heavy (non-hydrogen) atoms. The largest absolute Gasteiger partial charge is 0.478 e. The smallest absolute Gasteiger partial charge is 0.339 e. The Hall–Kier alpha value is -2.90. The number of furan rings is 2. The van der Waals surface area contributed by atoms with Crippen molar-refractivity contribution >= 4 is 5.97 Å². The van der Waals surface area contributed by atoms with E-state index in [0.29, 0.717) is 23.1 Å². The van der Waals surface area contributed by atoms with E-state index in [1.807, 2.05) is 0 Å². The molecule has 8 nitrogen and oxygen atoms in total. The van der Waals surface area contributed by atoms with Crippen molar-refractivity contribution in [3.8, 4) is 11.6 Å². The molecule has 3 aromatic rings. The predicted octanol–water partition coefficient (Wildman–Crippen LogP) is 1.58. The Morgan fingerprint density at radius 2 is 2.35 bits per heavy atom. The van der Waals surface area contributed by atoms with Crippen molar-refractivity contribution in [2.45, 2.75) is 13.5 Å². The molecule has 102 valence electrons. The molecule has 1 N–H and O–H groups in total. The Balaban J connectivity index is 1.82. The summed E-state index contributed by atoms with van der Waals surface area (Å²) >= 11 is 0. The third kappa shape index (κ3) is 2.18. The molecule has 0 aliphatic heterocycles. The lowest BCUT2D eigenvalue weighted by atomic mass is 10.2. The zero-order valence-electron chi connectivity index (χ0n) is 10.5.